The second-order valence-electron chi connectivity index (χ2n) is 7.08. The first-order chi connectivity index (χ1) is 12.2. The van der Waals surface area contributed by atoms with E-state index in [2.05, 4.69) is 10.3 Å². The number of nitrogens with one attached hydrogen (secondary N) is 1. The first-order valence-electron chi connectivity index (χ1n) is 8.73. The van der Waals surface area contributed by atoms with Crippen LogP contribution in [0.25, 0.3) is 0 Å². The van der Waals surface area contributed by atoms with Crippen molar-refractivity contribution in [2.75, 3.05) is 13.1 Å². The third-order valence-electron chi connectivity index (χ3n) is 5.17. The minimum absolute atomic E-state index is 0.0140. The van der Waals surface area contributed by atoms with Crippen molar-refractivity contribution in [2.24, 2.45) is 18.9 Å². The molecule has 0 spiro atoms. The molecule has 1 aromatic rings. The molecule has 0 aromatic carbocycles. The maximum absolute atomic E-state index is 12.7. The zero-order valence-corrected chi connectivity index (χ0v) is 15.7. The molecule has 144 valence electrons. The number of aliphatic carboxylic acids is 1. The van der Waals surface area contributed by atoms with Gasteiger partial charge in [-0.25, -0.2) is 18.2 Å². The Morgan fingerprint density at radius 1 is 1.27 bits per heavy atom. The number of nitrogens with zero attached hydrogens (tertiary/aromatic N) is 3. The predicted octanol–water partition coefficient (Wildman–Crippen LogP) is 0.109. The summed E-state index contributed by atoms with van der Waals surface area (Å²) in [5.74, 6) is -1.05. The van der Waals surface area contributed by atoms with E-state index in [1.807, 2.05) is 0 Å². The number of hydrogen-bond acceptors (Lipinski definition) is 5. The Labute approximate surface area is 152 Å². The van der Waals surface area contributed by atoms with E-state index >= 15 is 0 Å². The SMILES string of the molecule is Cc1nc(S(=O)(=O)N2CCC(C(=O)NC(C(=O)O)C3CC3)CC2)cn1C. The Morgan fingerprint density at radius 3 is 2.35 bits per heavy atom. The van der Waals surface area contributed by atoms with Crippen molar-refractivity contribution in [3.8, 4) is 0 Å². The summed E-state index contributed by atoms with van der Waals surface area (Å²) in [4.78, 5) is 27.7. The molecule has 10 heteroatoms. The summed E-state index contributed by atoms with van der Waals surface area (Å²) < 4.78 is 28.3. The summed E-state index contributed by atoms with van der Waals surface area (Å²) >= 11 is 0. The number of aromatic nitrogens is 2. The molecule has 9 nitrogen and oxygen atoms in total. The summed E-state index contributed by atoms with van der Waals surface area (Å²) in [7, 11) is -1.94. The number of sulfonamides is 1. The van der Waals surface area contributed by atoms with Gasteiger partial charge < -0.3 is 15.0 Å². The van der Waals surface area contributed by atoms with Crippen molar-refractivity contribution in [1.29, 1.82) is 0 Å². The van der Waals surface area contributed by atoms with Crippen LogP contribution in [0.4, 0.5) is 0 Å². The number of amides is 1. The molecule has 2 fully saturated rings. The fourth-order valence-corrected chi connectivity index (χ4v) is 4.72. The average molecular weight is 384 g/mol. The third kappa shape index (κ3) is 3.75. The molecule has 1 atom stereocenters. The Balaban J connectivity index is 1.60. The molecule has 1 saturated heterocycles. The van der Waals surface area contributed by atoms with E-state index < -0.39 is 22.0 Å². The van der Waals surface area contributed by atoms with Gasteiger partial charge in [0.1, 0.15) is 11.9 Å². The van der Waals surface area contributed by atoms with E-state index in [9.17, 15) is 23.1 Å². The highest BCUT2D eigenvalue weighted by Gasteiger charge is 2.39. The number of hydrogen-bond donors (Lipinski definition) is 2. The minimum atomic E-state index is -3.68. The quantitative estimate of drug-likeness (QED) is 0.718. The Hall–Kier alpha value is -1.94. The summed E-state index contributed by atoms with van der Waals surface area (Å²) in [6.07, 6.45) is 3.85. The zero-order valence-electron chi connectivity index (χ0n) is 14.9. The average Bonchev–Trinajstić information content (AvgIpc) is 3.37. The minimum Gasteiger partial charge on any atom is -0.480 e. The van der Waals surface area contributed by atoms with E-state index in [4.69, 9.17) is 0 Å². The van der Waals surface area contributed by atoms with E-state index in [0.717, 1.165) is 12.8 Å². The number of carbonyl (C=O) groups is 2. The highest BCUT2D eigenvalue weighted by Crippen LogP contribution is 2.33. The fraction of sp³-hybridized carbons (Fsp3) is 0.688. The third-order valence-corrected chi connectivity index (χ3v) is 6.94. The topological polar surface area (TPSA) is 122 Å². The molecular formula is C16H24N4O5S. The molecule has 2 aliphatic rings. The summed E-state index contributed by atoms with van der Waals surface area (Å²) in [6, 6.07) is -0.833. The van der Waals surface area contributed by atoms with E-state index in [0.29, 0.717) is 18.7 Å². The highest BCUT2D eigenvalue weighted by atomic mass is 32.2. The van der Waals surface area contributed by atoms with Crippen molar-refractivity contribution in [3.63, 3.8) is 0 Å². The van der Waals surface area contributed by atoms with Crippen LogP contribution in [0.5, 0.6) is 0 Å². The molecule has 26 heavy (non-hydrogen) atoms. The van der Waals surface area contributed by atoms with Gasteiger partial charge in [0.25, 0.3) is 10.0 Å². The molecule has 2 heterocycles. The van der Waals surface area contributed by atoms with Crippen LogP contribution in [0.3, 0.4) is 0 Å². The fourth-order valence-electron chi connectivity index (χ4n) is 3.22. The molecule has 2 N–H and O–H groups in total. The van der Waals surface area contributed by atoms with Gasteiger partial charge in [0, 0.05) is 32.3 Å². The van der Waals surface area contributed by atoms with Crippen LogP contribution >= 0.6 is 0 Å². The van der Waals surface area contributed by atoms with Crippen LogP contribution in [0.15, 0.2) is 11.2 Å². The number of aryl methyl sites for hydroxylation is 2. The smallest absolute Gasteiger partial charge is 0.326 e. The number of carbonyl (C=O) groups excluding carboxylic acids is 1. The van der Waals surface area contributed by atoms with Gasteiger partial charge in [-0.3, -0.25) is 4.79 Å². The molecule has 1 unspecified atom stereocenters. The van der Waals surface area contributed by atoms with Gasteiger partial charge in [-0.2, -0.15) is 4.31 Å². The van der Waals surface area contributed by atoms with Crippen LogP contribution in [-0.4, -0.2) is 58.4 Å². The van der Waals surface area contributed by atoms with Crippen molar-refractivity contribution < 1.29 is 23.1 Å². The van der Waals surface area contributed by atoms with E-state index in [-0.39, 0.29) is 35.9 Å². The van der Waals surface area contributed by atoms with Gasteiger partial charge in [-0.15, -0.1) is 0 Å². The molecular weight excluding hydrogens is 360 g/mol. The van der Waals surface area contributed by atoms with Gasteiger partial charge in [0.15, 0.2) is 5.03 Å². The van der Waals surface area contributed by atoms with Gasteiger partial charge in [-0.05, 0) is 38.5 Å². The number of imidazole rings is 1. The molecule has 0 bridgehead atoms. The molecule has 1 aliphatic carbocycles. The summed E-state index contributed by atoms with van der Waals surface area (Å²) in [5.41, 5.74) is 0. The first kappa shape index (κ1) is 18.8. The van der Waals surface area contributed by atoms with Crippen LogP contribution in [0.2, 0.25) is 0 Å². The van der Waals surface area contributed by atoms with Crippen molar-refractivity contribution in [2.45, 2.75) is 43.7 Å². The standard InChI is InChI=1S/C16H24N4O5S/c1-10-17-13(9-19(10)2)26(24,25)20-7-5-12(6-8-20)15(21)18-14(16(22)23)11-3-4-11/h9,11-12,14H,3-8H2,1-2H3,(H,18,21)(H,22,23). The Bertz CT molecular complexity index is 787. The maximum Gasteiger partial charge on any atom is 0.326 e. The molecule has 1 saturated carbocycles. The lowest BCUT2D eigenvalue weighted by Gasteiger charge is -2.30. The lowest BCUT2D eigenvalue weighted by molar-refractivity contribution is -0.143. The van der Waals surface area contributed by atoms with Gasteiger partial charge in [0.2, 0.25) is 5.91 Å². The van der Waals surface area contributed by atoms with Crippen LogP contribution in [-0.2, 0) is 26.7 Å². The monoisotopic (exact) mass is 384 g/mol. The molecule has 0 radical (unpaired) electrons. The van der Waals surface area contributed by atoms with Gasteiger partial charge in [0.05, 0.1) is 0 Å². The lowest BCUT2D eigenvalue weighted by Crippen LogP contribution is -2.48. The molecule has 1 amide bonds. The highest BCUT2D eigenvalue weighted by molar-refractivity contribution is 7.89. The molecule has 1 aromatic heterocycles. The van der Waals surface area contributed by atoms with Crippen LogP contribution in [0.1, 0.15) is 31.5 Å². The summed E-state index contributed by atoms with van der Waals surface area (Å²) in [5, 5.41) is 11.9. The largest absolute Gasteiger partial charge is 0.480 e. The van der Waals surface area contributed by atoms with Crippen molar-refractivity contribution >= 4 is 21.9 Å². The molecule has 1 aliphatic heterocycles. The maximum atomic E-state index is 12.7. The van der Waals surface area contributed by atoms with Crippen molar-refractivity contribution in [3.05, 3.63) is 12.0 Å². The predicted molar refractivity (Wildman–Crippen MR) is 91.7 cm³/mol. The molecule has 3 rings (SSSR count). The number of piperidine rings is 1. The zero-order chi connectivity index (χ0) is 19.1. The number of carboxylic acid groups (broad SMARTS) is 1. The van der Waals surface area contributed by atoms with E-state index in [1.165, 1.54) is 10.5 Å². The second kappa shape index (κ2) is 6.99. The van der Waals surface area contributed by atoms with Gasteiger partial charge >= 0.3 is 5.97 Å². The number of carboxylic acids is 1. The summed E-state index contributed by atoms with van der Waals surface area (Å²) in [6.45, 7) is 2.17. The second-order valence-corrected chi connectivity index (χ2v) is 8.96. The van der Waals surface area contributed by atoms with Crippen LogP contribution < -0.4 is 5.32 Å². The Morgan fingerprint density at radius 2 is 1.88 bits per heavy atom. The number of rotatable bonds is 6. The first-order valence-corrected chi connectivity index (χ1v) is 10.2. The van der Waals surface area contributed by atoms with E-state index in [1.54, 1.807) is 18.5 Å². The normalized spacial score (nSPS) is 20.7. The van der Waals surface area contributed by atoms with Gasteiger partial charge in [-0.1, -0.05) is 0 Å². The van der Waals surface area contributed by atoms with Crippen molar-refractivity contribution in [1.82, 2.24) is 19.2 Å². The Kier molecular flexibility index (Phi) is 5.07. The lowest BCUT2D eigenvalue weighted by atomic mass is 9.96. The van der Waals surface area contributed by atoms with Crippen LogP contribution in [0, 0.1) is 18.8 Å².